The van der Waals surface area contributed by atoms with Crippen molar-refractivity contribution < 1.29 is 19.1 Å². The number of carbonyl (C=O) groups excluding carboxylic acids is 3. The summed E-state index contributed by atoms with van der Waals surface area (Å²) in [6, 6.07) is 16.9. The van der Waals surface area contributed by atoms with Gasteiger partial charge in [-0.25, -0.2) is 9.48 Å². The number of hydrogen-bond acceptors (Lipinski definition) is 5. The van der Waals surface area contributed by atoms with E-state index in [9.17, 15) is 14.4 Å². The quantitative estimate of drug-likeness (QED) is 0.435. The summed E-state index contributed by atoms with van der Waals surface area (Å²) in [6.07, 6.45) is 1.47. The van der Waals surface area contributed by atoms with E-state index in [0.717, 1.165) is 6.42 Å². The molecular weight excluding hydrogens is 394 g/mol. The fraction of sp³-hybridized carbons (Fsp3) is 0.250. The van der Waals surface area contributed by atoms with Gasteiger partial charge in [0.1, 0.15) is 5.82 Å². The molecule has 31 heavy (non-hydrogen) atoms. The Labute approximate surface area is 181 Å². The summed E-state index contributed by atoms with van der Waals surface area (Å²) in [5.74, 6) is -0.678. The van der Waals surface area contributed by atoms with Crippen molar-refractivity contribution in [3.8, 4) is 0 Å². The van der Waals surface area contributed by atoms with E-state index in [0.29, 0.717) is 16.9 Å². The molecule has 7 nitrogen and oxygen atoms in total. The van der Waals surface area contributed by atoms with E-state index >= 15 is 0 Å². The van der Waals surface area contributed by atoms with E-state index in [-0.39, 0.29) is 17.4 Å². The molecule has 7 heteroatoms. The summed E-state index contributed by atoms with van der Waals surface area (Å²) in [6.45, 7) is 5.53. The predicted octanol–water partition coefficient (Wildman–Crippen LogP) is 4.27. The van der Waals surface area contributed by atoms with Gasteiger partial charge in [0.05, 0.1) is 17.8 Å². The minimum Gasteiger partial charge on any atom is -0.449 e. The van der Waals surface area contributed by atoms with Crippen LogP contribution in [0.4, 0.5) is 5.82 Å². The Morgan fingerprint density at radius 3 is 2.19 bits per heavy atom. The number of amides is 1. The minimum absolute atomic E-state index is 0.125. The van der Waals surface area contributed by atoms with Crippen LogP contribution in [0, 0.1) is 0 Å². The number of nitrogens with one attached hydrogen (secondary N) is 1. The van der Waals surface area contributed by atoms with Crippen LogP contribution in [0.5, 0.6) is 0 Å². The van der Waals surface area contributed by atoms with Gasteiger partial charge in [0.25, 0.3) is 5.91 Å². The summed E-state index contributed by atoms with van der Waals surface area (Å²) < 4.78 is 7.01. The highest BCUT2D eigenvalue weighted by molar-refractivity contribution is 6.09. The number of ether oxygens (including phenoxy) is 1. The number of hydrogen-bond donors (Lipinski definition) is 1. The maximum absolute atomic E-state index is 12.5. The van der Waals surface area contributed by atoms with Crippen LogP contribution in [-0.2, 0) is 9.53 Å². The lowest BCUT2D eigenvalue weighted by Gasteiger charge is -2.17. The standard InChI is InChI=1S/C24H25N3O4/c1-4-16(2)27-21(14-15-25-27)26-23(29)17(3)31-24(30)20-12-10-19(11-13-20)22(28)18-8-6-5-7-9-18/h5-17H,4H2,1-3H3,(H,26,29)/t16-,17+/m1/s1. The molecule has 1 N–H and O–H groups in total. The lowest BCUT2D eigenvalue weighted by atomic mass is 10.0. The lowest BCUT2D eigenvalue weighted by Crippen LogP contribution is -2.31. The van der Waals surface area contributed by atoms with Crippen LogP contribution in [0.1, 0.15) is 59.5 Å². The number of rotatable bonds is 8. The Bertz CT molecular complexity index is 1060. The molecule has 160 valence electrons. The Morgan fingerprint density at radius 2 is 1.55 bits per heavy atom. The molecule has 1 aromatic heterocycles. The van der Waals surface area contributed by atoms with Gasteiger partial charge in [-0.3, -0.25) is 9.59 Å². The number of carbonyl (C=O) groups is 3. The first-order valence-corrected chi connectivity index (χ1v) is 10.2. The molecule has 2 atom stereocenters. The summed E-state index contributed by atoms with van der Waals surface area (Å²) in [7, 11) is 0. The summed E-state index contributed by atoms with van der Waals surface area (Å²) >= 11 is 0. The third-order valence-corrected chi connectivity index (χ3v) is 5.00. The van der Waals surface area contributed by atoms with Gasteiger partial charge in [-0.2, -0.15) is 5.10 Å². The predicted molar refractivity (Wildman–Crippen MR) is 117 cm³/mol. The molecule has 1 heterocycles. The second-order valence-electron chi connectivity index (χ2n) is 7.23. The molecule has 0 aliphatic carbocycles. The van der Waals surface area contributed by atoms with Crippen LogP contribution in [0.3, 0.4) is 0 Å². The van der Waals surface area contributed by atoms with Gasteiger partial charge >= 0.3 is 5.97 Å². The topological polar surface area (TPSA) is 90.3 Å². The average Bonchev–Trinajstić information content (AvgIpc) is 3.26. The number of esters is 1. The molecule has 1 amide bonds. The highest BCUT2D eigenvalue weighted by atomic mass is 16.5. The Morgan fingerprint density at radius 1 is 0.935 bits per heavy atom. The fourth-order valence-electron chi connectivity index (χ4n) is 2.96. The lowest BCUT2D eigenvalue weighted by molar-refractivity contribution is -0.123. The molecule has 0 fully saturated rings. The van der Waals surface area contributed by atoms with Gasteiger partial charge in [-0.15, -0.1) is 0 Å². The largest absolute Gasteiger partial charge is 0.449 e. The molecule has 0 bridgehead atoms. The van der Waals surface area contributed by atoms with Crippen LogP contribution in [0.15, 0.2) is 66.9 Å². The zero-order valence-electron chi connectivity index (χ0n) is 17.7. The van der Waals surface area contributed by atoms with Crippen molar-refractivity contribution in [2.75, 3.05) is 5.32 Å². The van der Waals surface area contributed by atoms with E-state index in [1.807, 2.05) is 19.9 Å². The molecular formula is C24H25N3O4. The smallest absolute Gasteiger partial charge is 0.338 e. The molecule has 0 spiro atoms. The second kappa shape index (κ2) is 9.84. The Hall–Kier alpha value is -3.74. The maximum Gasteiger partial charge on any atom is 0.338 e. The van der Waals surface area contributed by atoms with Gasteiger partial charge in [0.15, 0.2) is 11.9 Å². The number of aromatic nitrogens is 2. The first-order chi connectivity index (χ1) is 14.9. The SMILES string of the molecule is CC[C@@H](C)n1nccc1NC(=O)[C@H](C)OC(=O)c1ccc(C(=O)c2ccccc2)cc1. The van der Waals surface area contributed by atoms with E-state index in [1.54, 1.807) is 53.3 Å². The van der Waals surface area contributed by atoms with Gasteiger partial charge in [0.2, 0.25) is 0 Å². The van der Waals surface area contributed by atoms with Crippen LogP contribution in [0.25, 0.3) is 0 Å². The van der Waals surface area contributed by atoms with Crippen molar-refractivity contribution in [1.29, 1.82) is 0 Å². The molecule has 0 saturated heterocycles. The summed E-state index contributed by atoms with van der Waals surface area (Å²) in [4.78, 5) is 37.4. The molecule has 0 radical (unpaired) electrons. The van der Waals surface area contributed by atoms with Crippen LogP contribution in [0.2, 0.25) is 0 Å². The first-order valence-electron chi connectivity index (χ1n) is 10.2. The van der Waals surface area contributed by atoms with Crippen molar-refractivity contribution in [1.82, 2.24) is 9.78 Å². The van der Waals surface area contributed by atoms with Gasteiger partial charge in [0, 0.05) is 17.2 Å². The van der Waals surface area contributed by atoms with E-state index in [1.165, 1.54) is 19.1 Å². The third kappa shape index (κ3) is 5.25. The monoisotopic (exact) mass is 419 g/mol. The molecule has 0 aliphatic rings. The summed E-state index contributed by atoms with van der Waals surface area (Å²) in [5, 5.41) is 6.96. The maximum atomic E-state index is 12.5. The zero-order valence-corrected chi connectivity index (χ0v) is 17.7. The van der Waals surface area contributed by atoms with Crippen molar-refractivity contribution in [3.05, 3.63) is 83.6 Å². The molecule has 0 saturated carbocycles. The molecule has 3 aromatic rings. The third-order valence-electron chi connectivity index (χ3n) is 5.00. The second-order valence-corrected chi connectivity index (χ2v) is 7.23. The van der Waals surface area contributed by atoms with Crippen molar-refractivity contribution in [2.45, 2.75) is 39.3 Å². The molecule has 3 rings (SSSR count). The van der Waals surface area contributed by atoms with Crippen molar-refractivity contribution in [2.24, 2.45) is 0 Å². The summed E-state index contributed by atoms with van der Waals surface area (Å²) in [5.41, 5.74) is 1.29. The van der Waals surface area contributed by atoms with Crippen LogP contribution in [-0.4, -0.2) is 33.5 Å². The van der Waals surface area contributed by atoms with E-state index in [4.69, 9.17) is 4.74 Å². The van der Waals surface area contributed by atoms with E-state index in [2.05, 4.69) is 10.4 Å². The number of benzene rings is 2. The molecule has 0 aliphatic heterocycles. The normalized spacial score (nSPS) is 12.6. The molecule has 2 aromatic carbocycles. The van der Waals surface area contributed by atoms with Gasteiger partial charge in [-0.1, -0.05) is 49.4 Å². The Balaban J connectivity index is 1.61. The van der Waals surface area contributed by atoms with E-state index < -0.39 is 18.0 Å². The zero-order chi connectivity index (χ0) is 22.4. The Kier molecular flexibility index (Phi) is 6.97. The van der Waals surface area contributed by atoms with Crippen LogP contribution >= 0.6 is 0 Å². The number of anilines is 1. The molecule has 0 unspecified atom stereocenters. The highest BCUT2D eigenvalue weighted by Gasteiger charge is 2.21. The van der Waals surface area contributed by atoms with Crippen molar-refractivity contribution in [3.63, 3.8) is 0 Å². The average molecular weight is 419 g/mol. The van der Waals surface area contributed by atoms with Gasteiger partial charge < -0.3 is 10.1 Å². The highest BCUT2D eigenvalue weighted by Crippen LogP contribution is 2.17. The number of nitrogens with zero attached hydrogens (tertiary/aromatic N) is 2. The van der Waals surface area contributed by atoms with Gasteiger partial charge in [-0.05, 0) is 32.4 Å². The minimum atomic E-state index is -1.00. The number of ketones is 1. The first kappa shape index (κ1) is 22.0. The van der Waals surface area contributed by atoms with Crippen molar-refractivity contribution >= 4 is 23.5 Å². The van der Waals surface area contributed by atoms with Crippen LogP contribution < -0.4 is 5.32 Å². The fourth-order valence-corrected chi connectivity index (χ4v) is 2.96.